The molecule has 1 aromatic rings. The van der Waals surface area contributed by atoms with Gasteiger partial charge in [-0.1, -0.05) is 6.07 Å². The van der Waals surface area contributed by atoms with Gasteiger partial charge in [0, 0.05) is 5.69 Å². The number of anilines is 1. The normalized spacial score (nSPS) is 11.7. The van der Waals surface area contributed by atoms with Crippen LogP contribution in [-0.2, 0) is 14.6 Å². The van der Waals surface area contributed by atoms with Gasteiger partial charge in [0.15, 0.2) is 9.84 Å². The molecule has 0 spiro atoms. The molecule has 0 saturated heterocycles. The Labute approximate surface area is 113 Å². The maximum atomic E-state index is 11.9. The van der Waals surface area contributed by atoms with Gasteiger partial charge in [0.05, 0.1) is 16.4 Å². The van der Waals surface area contributed by atoms with Gasteiger partial charge in [-0.25, -0.2) is 8.42 Å². The van der Waals surface area contributed by atoms with Gasteiger partial charge in [0.25, 0.3) is 0 Å². The Morgan fingerprint density at radius 1 is 1.37 bits per heavy atom. The van der Waals surface area contributed by atoms with Crippen LogP contribution >= 0.6 is 0 Å². The Balaban J connectivity index is 2.80. The lowest BCUT2D eigenvalue weighted by Crippen LogP contribution is -2.35. The topological polar surface area (TPSA) is 87.0 Å². The number of sulfone groups is 1. The fourth-order valence-electron chi connectivity index (χ4n) is 1.25. The van der Waals surface area contributed by atoms with Crippen molar-refractivity contribution in [3.05, 3.63) is 29.8 Å². The first-order valence-electron chi connectivity index (χ1n) is 5.68. The fourth-order valence-corrected chi connectivity index (χ4v) is 2.10. The van der Waals surface area contributed by atoms with Crippen molar-refractivity contribution >= 4 is 21.4 Å². The maximum Gasteiger partial charge on any atom is 0.239 e. The average Bonchev–Trinajstić information content (AvgIpc) is 2.26. The molecule has 0 aliphatic carbocycles. The third-order valence-corrected chi connectivity index (χ3v) is 5.04. The third-order valence-electron chi connectivity index (χ3n) is 2.53. The molecule has 102 valence electrons. The summed E-state index contributed by atoms with van der Waals surface area (Å²) in [6, 6.07) is 8.25. The predicted octanol–water partition coefficient (Wildman–Crippen LogP) is 1.71. The van der Waals surface area contributed by atoms with Crippen LogP contribution in [0.1, 0.15) is 26.3 Å². The summed E-state index contributed by atoms with van der Waals surface area (Å²) >= 11 is 0. The largest absolute Gasteiger partial charge is 0.325 e. The van der Waals surface area contributed by atoms with Gasteiger partial charge in [0.1, 0.15) is 5.75 Å². The maximum absolute atomic E-state index is 11.9. The second-order valence-corrected chi connectivity index (χ2v) is 7.86. The molecule has 0 bridgehead atoms. The summed E-state index contributed by atoms with van der Waals surface area (Å²) in [5, 5.41) is 11.2. The molecule has 1 aromatic carbocycles. The minimum Gasteiger partial charge on any atom is -0.325 e. The molecular weight excluding hydrogens is 264 g/mol. The summed E-state index contributed by atoms with van der Waals surface area (Å²) in [5.41, 5.74) is 0.810. The van der Waals surface area contributed by atoms with Crippen LogP contribution in [0.25, 0.3) is 0 Å². The molecule has 0 saturated carbocycles. The number of rotatable bonds is 3. The van der Waals surface area contributed by atoms with E-state index in [4.69, 9.17) is 5.26 Å². The van der Waals surface area contributed by atoms with E-state index in [1.807, 2.05) is 6.07 Å². The summed E-state index contributed by atoms with van der Waals surface area (Å²) in [4.78, 5) is 11.7. The molecule has 6 heteroatoms. The zero-order valence-corrected chi connectivity index (χ0v) is 11.9. The van der Waals surface area contributed by atoms with Crippen molar-refractivity contribution in [2.75, 3.05) is 11.1 Å². The molecule has 1 amide bonds. The van der Waals surface area contributed by atoms with E-state index in [9.17, 15) is 13.2 Å². The smallest absolute Gasteiger partial charge is 0.239 e. The predicted molar refractivity (Wildman–Crippen MR) is 73.3 cm³/mol. The molecule has 0 heterocycles. The monoisotopic (exact) mass is 280 g/mol. The second-order valence-electron chi connectivity index (χ2n) is 5.11. The van der Waals surface area contributed by atoms with Gasteiger partial charge >= 0.3 is 0 Å². The lowest BCUT2D eigenvalue weighted by atomic mass is 10.2. The minimum atomic E-state index is -3.51. The number of amides is 1. The summed E-state index contributed by atoms with van der Waals surface area (Å²) in [5.74, 6) is -1.18. The summed E-state index contributed by atoms with van der Waals surface area (Å²) in [6.07, 6.45) is 0. The van der Waals surface area contributed by atoms with Crippen molar-refractivity contribution in [2.24, 2.45) is 0 Å². The number of nitriles is 1. The summed E-state index contributed by atoms with van der Waals surface area (Å²) < 4.78 is 22.8. The number of hydrogen-bond acceptors (Lipinski definition) is 4. The zero-order valence-electron chi connectivity index (χ0n) is 11.1. The fraction of sp³-hybridized carbons (Fsp3) is 0.385. The van der Waals surface area contributed by atoms with E-state index in [1.54, 1.807) is 39.0 Å². The Hall–Kier alpha value is -1.87. The first-order valence-corrected chi connectivity index (χ1v) is 7.33. The molecule has 0 atom stereocenters. The van der Waals surface area contributed by atoms with Crippen LogP contribution < -0.4 is 5.32 Å². The quantitative estimate of drug-likeness (QED) is 0.913. The number of benzene rings is 1. The van der Waals surface area contributed by atoms with E-state index in [1.165, 1.54) is 6.07 Å². The van der Waals surface area contributed by atoms with Crippen LogP contribution in [0.3, 0.4) is 0 Å². The highest BCUT2D eigenvalue weighted by Gasteiger charge is 2.31. The van der Waals surface area contributed by atoms with Crippen LogP contribution in [0, 0.1) is 11.3 Å². The van der Waals surface area contributed by atoms with Crippen molar-refractivity contribution in [3.8, 4) is 6.07 Å². The molecule has 0 aliphatic heterocycles. The summed E-state index contributed by atoms with van der Waals surface area (Å²) in [6.45, 7) is 4.64. The highest BCUT2D eigenvalue weighted by molar-refractivity contribution is 7.93. The van der Waals surface area contributed by atoms with E-state index >= 15 is 0 Å². The van der Waals surface area contributed by atoms with Gasteiger partial charge in [0.2, 0.25) is 5.91 Å². The van der Waals surface area contributed by atoms with Gasteiger partial charge in [-0.3, -0.25) is 4.79 Å². The van der Waals surface area contributed by atoms with Gasteiger partial charge in [-0.05, 0) is 39.0 Å². The van der Waals surface area contributed by atoms with E-state index in [0.29, 0.717) is 11.3 Å². The van der Waals surface area contributed by atoms with Crippen LogP contribution in [0.15, 0.2) is 24.3 Å². The Morgan fingerprint density at radius 3 is 2.53 bits per heavy atom. The molecule has 0 unspecified atom stereocenters. The number of hydrogen-bond donors (Lipinski definition) is 1. The SMILES string of the molecule is CC(C)(C)S(=O)(=O)CC(=O)Nc1cccc(C#N)c1. The van der Waals surface area contributed by atoms with E-state index < -0.39 is 26.2 Å². The molecule has 1 N–H and O–H groups in total. The standard InChI is InChI=1S/C13H16N2O3S/c1-13(2,3)19(17,18)9-12(16)15-11-6-4-5-10(7-11)8-14/h4-7H,9H2,1-3H3,(H,15,16). The van der Waals surface area contributed by atoms with Crippen molar-refractivity contribution in [1.29, 1.82) is 5.26 Å². The molecule has 0 fully saturated rings. The Bertz CT molecular complexity index is 622. The van der Waals surface area contributed by atoms with Crippen molar-refractivity contribution in [2.45, 2.75) is 25.5 Å². The van der Waals surface area contributed by atoms with Gasteiger partial charge in [-0.15, -0.1) is 0 Å². The highest BCUT2D eigenvalue weighted by Crippen LogP contribution is 2.16. The average molecular weight is 280 g/mol. The molecule has 0 aromatic heterocycles. The number of nitrogens with one attached hydrogen (secondary N) is 1. The van der Waals surface area contributed by atoms with E-state index in [0.717, 1.165) is 0 Å². The van der Waals surface area contributed by atoms with Crippen molar-refractivity contribution < 1.29 is 13.2 Å². The summed E-state index contributed by atoms with van der Waals surface area (Å²) in [7, 11) is -3.51. The van der Waals surface area contributed by atoms with Gasteiger partial charge in [-0.2, -0.15) is 5.26 Å². The third kappa shape index (κ3) is 4.07. The van der Waals surface area contributed by atoms with Gasteiger partial charge < -0.3 is 5.32 Å². The number of nitrogens with zero attached hydrogens (tertiary/aromatic N) is 1. The first-order chi connectivity index (χ1) is 8.65. The van der Waals surface area contributed by atoms with Crippen LogP contribution in [0.4, 0.5) is 5.69 Å². The van der Waals surface area contributed by atoms with Crippen molar-refractivity contribution in [1.82, 2.24) is 0 Å². The van der Waals surface area contributed by atoms with Crippen molar-refractivity contribution in [3.63, 3.8) is 0 Å². The van der Waals surface area contributed by atoms with Crippen LogP contribution in [0.2, 0.25) is 0 Å². The molecule has 0 aliphatic rings. The Morgan fingerprint density at radius 2 is 2.00 bits per heavy atom. The number of carbonyl (C=O) groups is 1. The molecular formula is C13H16N2O3S. The molecule has 1 rings (SSSR count). The van der Waals surface area contributed by atoms with Crippen LogP contribution in [0.5, 0.6) is 0 Å². The molecule has 19 heavy (non-hydrogen) atoms. The molecule has 5 nitrogen and oxygen atoms in total. The Kier molecular flexibility index (Phi) is 4.32. The highest BCUT2D eigenvalue weighted by atomic mass is 32.2. The number of carbonyl (C=O) groups excluding carboxylic acids is 1. The second kappa shape index (κ2) is 5.41. The lowest BCUT2D eigenvalue weighted by Gasteiger charge is -2.18. The minimum absolute atomic E-state index is 0.400. The van der Waals surface area contributed by atoms with E-state index in [-0.39, 0.29) is 0 Å². The zero-order chi connectivity index (χ0) is 14.7. The van der Waals surface area contributed by atoms with E-state index in [2.05, 4.69) is 5.32 Å². The van der Waals surface area contributed by atoms with Crippen LogP contribution in [-0.4, -0.2) is 24.8 Å². The molecule has 0 radical (unpaired) electrons. The lowest BCUT2D eigenvalue weighted by molar-refractivity contribution is -0.113. The first kappa shape index (κ1) is 15.2.